The van der Waals surface area contributed by atoms with Crippen molar-refractivity contribution in [3.63, 3.8) is 0 Å². The fourth-order valence-electron chi connectivity index (χ4n) is 4.96. The quantitative estimate of drug-likeness (QED) is 0.464. The average Bonchev–Trinajstić information content (AvgIpc) is 3.21. The van der Waals surface area contributed by atoms with E-state index < -0.39 is 18.0 Å². The average molecular weight is 479 g/mol. The Labute approximate surface area is 213 Å². The second kappa shape index (κ2) is 10.1. The molecule has 3 heterocycles. The Kier molecular flexibility index (Phi) is 6.95. The van der Waals surface area contributed by atoms with Crippen molar-refractivity contribution in [1.82, 2.24) is 15.1 Å². The lowest BCUT2D eigenvalue weighted by molar-refractivity contribution is -0.136. The number of hydrogen-bond acceptors (Lipinski definition) is 6. The van der Waals surface area contributed by atoms with Crippen LogP contribution in [0.4, 0.5) is 0 Å². The number of benzene rings is 2. The molecule has 0 aromatic heterocycles. The first-order chi connectivity index (χ1) is 17.3. The first-order valence-electron chi connectivity index (χ1n) is 12.0. The fourth-order valence-corrected chi connectivity index (χ4v) is 4.96. The Balaban J connectivity index is 1.31. The topological polar surface area (TPSA) is 88.2 Å². The van der Waals surface area contributed by atoms with Crippen LogP contribution in [0.1, 0.15) is 51.8 Å². The molecule has 11 heteroatoms. The van der Waals surface area contributed by atoms with Gasteiger partial charge in [-0.3, -0.25) is 19.7 Å². The number of nitrogens with zero attached hydrogens (tertiary/aromatic N) is 2. The van der Waals surface area contributed by atoms with Gasteiger partial charge in [-0.2, -0.15) is 0 Å². The highest BCUT2D eigenvalue weighted by molar-refractivity contribution is 6.34. The molecule has 3 unspecified atom stereocenters. The van der Waals surface area contributed by atoms with Crippen molar-refractivity contribution in [1.29, 1.82) is 0 Å². The van der Waals surface area contributed by atoms with Crippen molar-refractivity contribution in [3.8, 4) is 5.75 Å². The highest BCUT2D eigenvalue weighted by Crippen LogP contribution is 2.35. The summed E-state index contributed by atoms with van der Waals surface area (Å²) in [6, 6.07) is 9.06. The molecule has 1 N–H and O–H groups in total. The third-order valence-electron chi connectivity index (χ3n) is 6.99. The minimum atomic E-state index is -0.841. The SMILES string of the molecule is [B]c1cc(C([B])Oc2cccc3c2CN(C2CCC(=O)NC2=O)C3=O)ccc1C([B])N1CCOCC1. The van der Waals surface area contributed by atoms with E-state index in [0.29, 0.717) is 41.1 Å². The molecule has 3 aliphatic heterocycles. The molecule has 0 bridgehead atoms. The molecule has 3 atom stereocenters. The summed E-state index contributed by atoms with van der Waals surface area (Å²) < 4.78 is 11.5. The van der Waals surface area contributed by atoms with E-state index in [4.69, 9.17) is 33.0 Å². The number of carbonyl (C=O) groups excluding carboxylic acids is 3. The third-order valence-corrected chi connectivity index (χ3v) is 6.99. The summed E-state index contributed by atoms with van der Waals surface area (Å²) in [7, 11) is 19.1. The van der Waals surface area contributed by atoms with E-state index >= 15 is 0 Å². The number of imide groups is 1. The van der Waals surface area contributed by atoms with Gasteiger partial charge in [-0.15, -0.1) is 0 Å². The Hall–Kier alpha value is -3.04. The predicted octanol–water partition coefficient (Wildman–Crippen LogP) is -0.0132. The van der Waals surface area contributed by atoms with Gasteiger partial charge in [0, 0.05) is 30.6 Å². The number of fused-ring (bicyclic) bond motifs is 1. The lowest BCUT2D eigenvalue weighted by Crippen LogP contribution is -2.52. The molecular formula is C25H24B3N3O5. The van der Waals surface area contributed by atoms with E-state index in [9.17, 15) is 14.4 Å². The molecule has 2 aromatic rings. The largest absolute Gasteiger partial charge is 0.496 e. The van der Waals surface area contributed by atoms with Gasteiger partial charge in [0.25, 0.3) is 5.91 Å². The standard InChI is InChI=1S/C25H24B3N3O5/c26-18-12-14(4-5-16(18)22(27)30-8-10-35-11-9-30)23(28)36-20-3-1-2-15-17(20)13-31(25(15)34)19-6-7-21(32)29-24(19)33/h1-5,12,19,22-23H,6-11,13H2,(H,29,32,33). The van der Waals surface area contributed by atoms with Crippen LogP contribution in [0.2, 0.25) is 0 Å². The molecular weight excluding hydrogens is 455 g/mol. The zero-order chi connectivity index (χ0) is 25.4. The van der Waals surface area contributed by atoms with E-state index in [2.05, 4.69) is 10.2 Å². The van der Waals surface area contributed by atoms with Crippen LogP contribution < -0.4 is 15.5 Å². The maximum atomic E-state index is 13.0. The van der Waals surface area contributed by atoms with E-state index in [1.807, 2.05) is 12.1 Å². The summed E-state index contributed by atoms with van der Waals surface area (Å²) >= 11 is 0. The number of morpholine rings is 1. The molecule has 0 saturated carbocycles. The molecule has 5 rings (SSSR count). The maximum absolute atomic E-state index is 13.0. The van der Waals surface area contributed by atoms with Crippen molar-refractivity contribution in [2.75, 3.05) is 26.3 Å². The van der Waals surface area contributed by atoms with Crippen molar-refractivity contribution < 1.29 is 23.9 Å². The van der Waals surface area contributed by atoms with Gasteiger partial charge in [0.1, 0.15) is 27.5 Å². The Morgan fingerprint density at radius 2 is 1.86 bits per heavy atom. The van der Waals surface area contributed by atoms with Crippen LogP contribution in [-0.4, -0.2) is 83.4 Å². The summed E-state index contributed by atoms with van der Waals surface area (Å²) in [6.07, 6.45) is 0.482. The van der Waals surface area contributed by atoms with Gasteiger partial charge in [0.05, 0.1) is 33.6 Å². The zero-order valence-corrected chi connectivity index (χ0v) is 19.8. The van der Waals surface area contributed by atoms with Crippen LogP contribution in [0.25, 0.3) is 0 Å². The Morgan fingerprint density at radius 3 is 2.58 bits per heavy atom. The van der Waals surface area contributed by atoms with E-state index in [1.165, 1.54) is 4.90 Å². The number of amides is 3. The van der Waals surface area contributed by atoms with Crippen molar-refractivity contribution >= 4 is 46.7 Å². The normalized spacial score (nSPS) is 22.2. The Morgan fingerprint density at radius 1 is 1.08 bits per heavy atom. The number of piperidine rings is 1. The van der Waals surface area contributed by atoms with Crippen molar-refractivity contribution in [2.45, 2.75) is 37.4 Å². The first kappa shape index (κ1) is 24.7. The molecule has 2 aromatic carbocycles. The second-order valence-electron chi connectivity index (χ2n) is 9.20. The number of hydrogen-bond donors (Lipinski definition) is 1. The van der Waals surface area contributed by atoms with Gasteiger partial charge in [-0.25, -0.2) is 0 Å². The van der Waals surface area contributed by atoms with Gasteiger partial charge in [-0.1, -0.05) is 29.7 Å². The Bertz CT molecular complexity index is 1200. The fraction of sp³-hybridized carbons (Fsp3) is 0.400. The number of nitrogens with one attached hydrogen (secondary N) is 1. The van der Waals surface area contributed by atoms with Gasteiger partial charge < -0.3 is 19.3 Å². The van der Waals surface area contributed by atoms with Crippen molar-refractivity contribution in [3.05, 3.63) is 58.7 Å². The van der Waals surface area contributed by atoms with Gasteiger partial charge in [-0.05, 0) is 35.6 Å². The smallest absolute Gasteiger partial charge is 0.255 e. The molecule has 2 saturated heterocycles. The summed E-state index contributed by atoms with van der Waals surface area (Å²) in [5, 5.41) is 2.31. The zero-order valence-electron chi connectivity index (χ0n) is 19.8. The first-order valence-corrected chi connectivity index (χ1v) is 12.0. The lowest BCUT2D eigenvalue weighted by atomic mass is 9.76. The van der Waals surface area contributed by atoms with Crippen LogP contribution in [-0.2, 0) is 20.9 Å². The molecule has 8 nitrogen and oxygen atoms in total. The molecule has 0 spiro atoms. The summed E-state index contributed by atoms with van der Waals surface area (Å²) in [4.78, 5) is 40.5. The molecule has 178 valence electrons. The van der Waals surface area contributed by atoms with E-state index in [0.717, 1.165) is 18.7 Å². The molecule has 36 heavy (non-hydrogen) atoms. The van der Waals surface area contributed by atoms with Crippen LogP contribution in [0.3, 0.4) is 0 Å². The van der Waals surface area contributed by atoms with Crippen LogP contribution in [0, 0.1) is 0 Å². The van der Waals surface area contributed by atoms with Gasteiger partial charge in [0.15, 0.2) is 0 Å². The minimum Gasteiger partial charge on any atom is -0.496 e. The molecule has 2 fully saturated rings. The molecule has 3 aliphatic rings. The van der Waals surface area contributed by atoms with Crippen LogP contribution in [0.5, 0.6) is 5.75 Å². The number of rotatable bonds is 6. The third kappa shape index (κ3) is 4.69. The molecule has 3 amide bonds. The molecule has 0 aliphatic carbocycles. The number of ether oxygens (including phenoxy) is 2. The van der Waals surface area contributed by atoms with Crippen molar-refractivity contribution in [2.24, 2.45) is 0 Å². The molecule has 6 radical (unpaired) electrons. The van der Waals surface area contributed by atoms with Gasteiger partial charge in [0.2, 0.25) is 11.8 Å². The van der Waals surface area contributed by atoms with Gasteiger partial charge >= 0.3 is 0 Å². The summed E-state index contributed by atoms with van der Waals surface area (Å²) in [6.45, 7) is 2.93. The van der Waals surface area contributed by atoms with Crippen LogP contribution >= 0.6 is 0 Å². The summed E-state index contributed by atoms with van der Waals surface area (Å²) in [5.74, 6) is -0.953. The van der Waals surface area contributed by atoms with Crippen LogP contribution in [0.15, 0.2) is 36.4 Å². The predicted molar refractivity (Wildman–Crippen MR) is 134 cm³/mol. The van der Waals surface area contributed by atoms with E-state index in [-0.39, 0.29) is 37.1 Å². The maximum Gasteiger partial charge on any atom is 0.255 e. The number of carbonyl (C=O) groups is 3. The second-order valence-corrected chi connectivity index (χ2v) is 9.20. The lowest BCUT2D eigenvalue weighted by Gasteiger charge is -2.34. The minimum absolute atomic E-state index is 0.192. The summed E-state index contributed by atoms with van der Waals surface area (Å²) in [5.41, 5.74) is 3.09. The highest BCUT2D eigenvalue weighted by atomic mass is 16.5. The highest BCUT2D eigenvalue weighted by Gasteiger charge is 2.40. The van der Waals surface area contributed by atoms with E-state index in [1.54, 1.807) is 24.3 Å². The monoisotopic (exact) mass is 479 g/mol.